The molecule has 2 aliphatic heterocycles. The highest BCUT2D eigenvalue weighted by Crippen LogP contribution is 2.34. The standard InChI is InChI=1S/C16H22N2O2/c1-2-20-16(19)14-12-8-9-13(18-12)15(14)17-10-11-6-4-3-5-7-11/h3-7,12-15,17-18H,2,8-10H2,1H3. The Morgan fingerprint density at radius 1 is 1.30 bits per heavy atom. The number of ether oxygens (including phenoxy) is 1. The van der Waals surface area contributed by atoms with Gasteiger partial charge in [0.2, 0.25) is 0 Å². The third-order valence-electron chi connectivity index (χ3n) is 4.41. The normalized spacial score (nSPS) is 31.4. The summed E-state index contributed by atoms with van der Waals surface area (Å²) in [4.78, 5) is 12.2. The average molecular weight is 274 g/mol. The predicted molar refractivity (Wildman–Crippen MR) is 77.1 cm³/mol. The lowest BCUT2D eigenvalue weighted by Gasteiger charge is -2.28. The van der Waals surface area contributed by atoms with Crippen molar-refractivity contribution in [2.75, 3.05) is 6.61 Å². The van der Waals surface area contributed by atoms with Gasteiger partial charge in [0.1, 0.15) is 0 Å². The monoisotopic (exact) mass is 274 g/mol. The van der Waals surface area contributed by atoms with Gasteiger partial charge in [-0.25, -0.2) is 0 Å². The molecule has 2 bridgehead atoms. The molecule has 2 aliphatic rings. The second kappa shape index (κ2) is 5.94. The molecule has 4 heteroatoms. The molecule has 20 heavy (non-hydrogen) atoms. The fraction of sp³-hybridized carbons (Fsp3) is 0.562. The van der Waals surface area contributed by atoms with E-state index in [1.165, 1.54) is 5.56 Å². The molecule has 0 radical (unpaired) electrons. The minimum atomic E-state index is -0.0576. The third kappa shape index (κ3) is 2.58. The molecule has 2 fully saturated rings. The van der Waals surface area contributed by atoms with Crippen LogP contribution >= 0.6 is 0 Å². The maximum atomic E-state index is 12.2. The summed E-state index contributed by atoms with van der Waals surface area (Å²) in [6.45, 7) is 3.12. The number of carbonyl (C=O) groups is 1. The summed E-state index contributed by atoms with van der Waals surface area (Å²) in [5.41, 5.74) is 1.25. The molecule has 0 amide bonds. The smallest absolute Gasteiger partial charge is 0.312 e. The van der Waals surface area contributed by atoms with Crippen LogP contribution in [0.15, 0.2) is 30.3 Å². The predicted octanol–water partition coefficient (Wildman–Crippen LogP) is 1.46. The molecule has 1 aromatic rings. The zero-order valence-corrected chi connectivity index (χ0v) is 11.8. The molecular formula is C16H22N2O2. The number of fused-ring (bicyclic) bond motifs is 2. The highest BCUT2D eigenvalue weighted by molar-refractivity contribution is 5.75. The Morgan fingerprint density at radius 2 is 2.05 bits per heavy atom. The van der Waals surface area contributed by atoms with E-state index in [4.69, 9.17) is 4.74 Å². The average Bonchev–Trinajstić information content (AvgIpc) is 3.07. The summed E-state index contributed by atoms with van der Waals surface area (Å²) in [6.07, 6.45) is 2.23. The second-order valence-corrected chi connectivity index (χ2v) is 5.63. The van der Waals surface area contributed by atoms with Gasteiger partial charge in [-0.1, -0.05) is 30.3 Å². The van der Waals surface area contributed by atoms with Crippen molar-refractivity contribution in [2.24, 2.45) is 5.92 Å². The number of nitrogens with one attached hydrogen (secondary N) is 2. The van der Waals surface area contributed by atoms with Gasteiger partial charge in [-0.05, 0) is 25.3 Å². The summed E-state index contributed by atoms with van der Waals surface area (Å²) in [7, 11) is 0. The quantitative estimate of drug-likeness (QED) is 0.798. The van der Waals surface area contributed by atoms with E-state index < -0.39 is 0 Å². The SMILES string of the molecule is CCOC(=O)C1C2CCC(N2)C1NCc1ccccc1. The van der Waals surface area contributed by atoms with Crippen molar-refractivity contribution >= 4 is 5.97 Å². The van der Waals surface area contributed by atoms with Gasteiger partial charge >= 0.3 is 5.97 Å². The van der Waals surface area contributed by atoms with E-state index in [9.17, 15) is 4.79 Å². The number of hydrogen-bond acceptors (Lipinski definition) is 4. The Labute approximate surface area is 119 Å². The molecular weight excluding hydrogens is 252 g/mol. The van der Waals surface area contributed by atoms with Crippen LogP contribution in [0.25, 0.3) is 0 Å². The van der Waals surface area contributed by atoms with Gasteiger partial charge in [-0.2, -0.15) is 0 Å². The number of hydrogen-bond donors (Lipinski definition) is 2. The third-order valence-corrected chi connectivity index (χ3v) is 4.41. The molecule has 1 aromatic carbocycles. The van der Waals surface area contributed by atoms with Gasteiger partial charge in [-0.3, -0.25) is 4.79 Å². The number of benzene rings is 1. The fourth-order valence-electron chi connectivity index (χ4n) is 3.52. The first kappa shape index (κ1) is 13.6. The van der Waals surface area contributed by atoms with Crippen molar-refractivity contribution in [2.45, 2.75) is 44.4 Å². The summed E-state index contributed by atoms with van der Waals surface area (Å²) >= 11 is 0. The van der Waals surface area contributed by atoms with E-state index in [0.29, 0.717) is 12.6 Å². The van der Waals surface area contributed by atoms with E-state index in [2.05, 4.69) is 22.8 Å². The molecule has 0 spiro atoms. The molecule has 2 saturated heterocycles. The lowest BCUT2D eigenvalue weighted by molar-refractivity contribution is -0.149. The Kier molecular flexibility index (Phi) is 4.03. The van der Waals surface area contributed by atoms with Crippen molar-refractivity contribution in [3.8, 4) is 0 Å². The molecule has 4 nitrogen and oxygen atoms in total. The largest absolute Gasteiger partial charge is 0.466 e. The maximum Gasteiger partial charge on any atom is 0.312 e. The number of carbonyl (C=O) groups excluding carboxylic acids is 1. The van der Waals surface area contributed by atoms with Crippen LogP contribution in [0.5, 0.6) is 0 Å². The van der Waals surface area contributed by atoms with E-state index in [-0.39, 0.29) is 24.0 Å². The van der Waals surface area contributed by atoms with Gasteiger partial charge in [0.05, 0.1) is 12.5 Å². The lowest BCUT2D eigenvalue weighted by atomic mass is 9.84. The summed E-state index contributed by atoms with van der Waals surface area (Å²) < 4.78 is 5.24. The van der Waals surface area contributed by atoms with Crippen molar-refractivity contribution in [1.29, 1.82) is 0 Å². The Balaban J connectivity index is 1.65. The minimum absolute atomic E-state index is 0.0441. The first-order chi connectivity index (χ1) is 9.79. The Hall–Kier alpha value is -1.39. The van der Waals surface area contributed by atoms with Crippen LogP contribution in [0.2, 0.25) is 0 Å². The first-order valence-electron chi connectivity index (χ1n) is 7.49. The van der Waals surface area contributed by atoms with E-state index in [1.807, 2.05) is 25.1 Å². The minimum Gasteiger partial charge on any atom is -0.466 e. The molecule has 3 rings (SSSR count). The van der Waals surface area contributed by atoms with Gasteiger partial charge in [-0.15, -0.1) is 0 Å². The van der Waals surface area contributed by atoms with Crippen LogP contribution < -0.4 is 10.6 Å². The highest BCUT2D eigenvalue weighted by Gasteiger charge is 2.51. The van der Waals surface area contributed by atoms with Crippen LogP contribution in [0.4, 0.5) is 0 Å². The zero-order chi connectivity index (χ0) is 13.9. The fourth-order valence-corrected chi connectivity index (χ4v) is 3.52. The van der Waals surface area contributed by atoms with Crippen LogP contribution in [-0.2, 0) is 16.1 Å². The van der Waals surface area contributed by atoms with Gasteiger partial charge in [0.25, 0.3) is 0 Å². The second-order valence-electron chi connectivity index (χ2n) is 5.63. The number of esters is 1. The number of rotatable bonds is 5. The topological polar surface area (TPSA) is 50.4 Å². The van der Waals surface area contributed by atoms with Crippen molar-refractivity contribution in [1.82, 2.24) is 10.6 Å². The zero-order valence-electron chi connectivity index (χ0n) is 11.8. The van der Waals surface area contributed by atoms with Crippen LogP contribution in [0.1, 0.15) is 25.3 Å². The van der Waals surface area contributed by atoms with Crippen molar-refractivity contribution < 1.29 is 9.53 Å². The molecule has 0 saturated carbocycles. The maximum absolute atomic E-state index is 12.2. The highest BCUT2D eigenvalue weighted by atomic mass is 16.5. The Bertz CT molecular complexity index is 463. The summed E-state index contributed by atoms with van der Waals surface area (Å²) in [6, 6.07) is 11.2. The van der Waals surface area contributed by atoms with Crippen LogP contribution in [-0.4, -0.2) is 30.7 Å². The lowest BCUT2D eigenvalue weighted by Crippen LogP contribution is -2.47. The molecule has 0 aliphatic carbocycles. The molecule has 2 heterocycles. The molecule has 4 unspecified atom stereocenters. The molecule has 2 N–H and O–H groups in total. The van der Waals surface area contributed by atoms with Crippen LogP contribution in [0, 0.1) is 5.92 Å². The van der Waals surface area contributed by atoms with Crippen molar-refractivity contribution in [3.63, 3.8) is 0 Å². The molecule has 108 valence electrons. The summed E-state index contributed by atoms with van der Waals surface area (Å²) in [5, 5.41) is 7.10. The van der Waals surface area contributed by atoms with E-state index in [0.717, 1.165) is 19.4 Å². The van der Waals surface area contributed by atoms with Crippen LogP contribution in [0.3, 0.4) is 0 Å². The molecule has 4 atom stereocenters. The van der Waals surface area contributed by atoms with E-state index in [1.54, 1.807) is 0 Å². The first-order valence-corrected chi connectivity index (χ1v) is 7.49. The van der Waals surface area contributed by atoms with Gasteiger partial charge in [0, 0.05) is 24.7 Å². The van der Waals surface area contributed by atoms with E-state index >= 15 is 0 Å². The molecule has 0 aromatic heterocycles. The Morgan fingerprint density at radius 3 is 2.80 bits per heavy atom. The van der Waals surface area contributed by atoms with Gasteiger partial charge in [0.15, 0.2) is 0 Å². The van der Waals surface area contributed by atoms with Gasteiger partial charge < -0.3 is 15.4 Å². The van der Waals surface area contributed by atoms with Crippen molar-refractivity contribution in [3.05, 3.63) is 35.9 Å². The summed E-state index contributed by atoms with van der Waals surface area (Å²) in [5.74, 6) is -0.102.